The van der Waals surface area contributed by atoms with E-state index < -0.39 is 6.10 Å². The molecule has 0 aromatic rings. The van der Waals surface area contributed by atoms with Crippen LogP contribution in [-0.2, 0) is 9.53 Å². The second-order valence-corrected chi connectivity index (χ2v) is 4.33. The third-order valence-electron chi connectivity index (χ3n) is 3.00. The molecule has 1 amide bonds. The number of rotatable bonds is 6. The third-order valence-corrected chi connectivity index (χ3v) is 3.00. The van der Waals surface area contributed by atoms with E-state index in [9.17, 15) is 9.90 Å². The molecule has 1 aliphatic heterocycles. The summed E-state index contributed by atoms with van der Waals surface area (Å²) in [4.78, 5) is 11.7. The van der Waals surface area contributed by atoms with Crippen molar-refractivity contribution in [3.8, 4) is 0 Å². The zero-order valence-corrected chi connectivity index (χ0v) is 10.0. The van der Waals surface area contributed by atoms with Gasteiger partial charge >= 0.3 is 0 Å². The first-order valence-electron chi connectivity index (χ1n) is 5.83. The number of hydrogen-bond donors (Lipinski definition) is 3. The van der Waals surface area contributed by atoms with Gasteiger partial charge in [0, 0.05) is 19.7 Å². The summed E-state index contributed by atoms with van der Waals surface area (Å²) in [7, 11) is 1.55. The van der Waals surface area contributed by atoms with E-state index in [1.165, 1.54) is 0 Å². The lowest BCUT2D eigenvalue weighted by Gasteiger charge is -2.15. The van der Waals surface area contributed by atoms with Crippen molar-refractivity contribution in [3.05, 3.63) is 0 Å². The van der Waals surface area contributed by atoms with Gasteiger partial charge in [0.1, 0.15) is 0 Å². The molecule has 0 aliphatic carbocycles. The summed E-state index contributed by atoms with van der Waals surface area (Å²) in [5, 5.41) is 15.5. The summed E-state index contributed by atoms with van der Waals surface area (Å²) in [5.74, 6) is 0.154. The van der Waals surface area contributed by atoms with Gasteiger partial charge < -0.3 is 20.5 Å². The SMILES string of the molecule is COCC(O)CCNC(=O)C1CCNC1C. The fraction of sp³-hybridized carbons (Fsp3) is 0.909. The molecule has 1 fully saturated rings. The summed E-state index contributed by atoms with van der Waals surface area (Å²) in [6, 6.07) is 0.254. The van der Waals surface area contributed by atoms with E-state index in [0.717, 1.165) is 13.0 Å². The van der Waals surface area contributed by atoms with E-state index >= 15 is 0 Å². The highest BCUT2D eigenvalue weighted by Gasteiger charge is 2.28. The number of methoxy groups -OCH3 is 1. The lowest BCUT2D eigenvalue weighted by molar-refractivity contribution is -0.125. The molecule has 5 nitrogen and oxygen atoms in total. The minimum Gasteiger partial charge on any atom is -0.391 e. The van der Waals surface area contributed by atoms with Crippen LogP contribution in [0, 0.1) is 5.92 Å². The molecule has 1 saturated heterocycles. The van der Waals surface area contributed by atoms with Gasteiger partial charge in [0.15, 0.2) is 0 Å². The summed E-state index contributed by atoms with van der Waals surface area (Å²) in [6.45, 7) is 3.76. The summed E-state index contributed by atoms with van der Waals surface area (Å²) < 4.78 is 4.81. The van der Waals surface area contributed by atoms with Crippen molar-refractivity contribution in [2.45, 2.75) is 31.9 Å². The van der Waals surface area contributed by atoms with Gasteiger partial charge in [0.25, 0.3) is 0 Å². The average Bonchev–Trinajstić information content (AvgIpc) is 2.64. The quantitative estimate of drug-likeness (QED) is 0.575. The molecule has 0 aromatic heterocycles. The first-order valence-corrected chi connectivity index (χ1v) is 5.83. The maximum Gasteiger partial charge on any atom is 0.224 e. The van der Waals surface area contributed by atoms with Crippen molar-refractivity contribution in [1.29, 1.82) is 0 Å². The third kappa shape index (κ3) is 4.08. The lowest BCUT2D eigenvalue weighted by atomic mass is 10.0. The number of amides is 1. The largest absolute Gasteiger partial charge is 0.391 e. The van der Waals surface area contributed by atoms with E-state index in [1.54, 1.807) is 7.11 Å². The van der Waals surface area contributed by atoms with E-state index in [4.69, 9.17) is 4.74 Å². The molecule has 1 rings (SSSR count). The van der Waals surface area contributed by atoms with Gasteiger partial charge in [-0.3, -0.25) is 4.79 Å². The Morgan fingerprint density at radius 3 is 3.00 bits per heavy atom. The molecule has 0 spiro atoms. The van der Waals surface area contributed by atoms with Crippen LogP contribution in [0.5, 0.6) is 0 Å². The monoisotopic (exact) mass is 230 g/mol. The first-order chi connectivity index (χ1) is 7.65. The second kappa shape index (κ2) is 6.83. The number of carbonyl (C=O) groups is 1. The normalized spacial score (nSPS) is 26.7. The predicted molar refractivity (Wildman–Crippen MR) is 61.1 cm³/mol. The van der Waals surface area contributed by atoms with Gasteiger partial charge in [0.05, 0.1) is 18.6 Å². The van der Waals surface area contributed by atoms with E-state index in [0.29, 0.717) is 19.6 Å². The zero-order chi connectivity index (χ0) is 12.0. The number of carbonyl (C=O) groups excluding carboxylic acids is 1. The summed E-state index contributed by atoms with van der Waals surface area (Å²) in [5.41, 5.74) is 0. The van der Waals surface area contributed by atoms with Crippen LogP contribution in [0.15, 0.2) is 0 Å². The fourth-order valence-electron chi connectivity index (χ4n) is 1.99. The molecule has 0 radical (unpaired) electrons. The van der Waals surface area contributed by atoms with Crippen molar-refractivity contribution < 1.29 is 14.6 Å². The standard InChI is InChI=1S/C11H22N2O3/c1-8-10(4-6-12-8)11(15)13-5-3-9(14)7-16-2/h8-10,12,14H,3-7H2,1-2H3,(H,13,15). The predicted octanol–water partition coefficient (Wildman–Crippen LogP) is -0.502. The molecule has 94 valence electrons. The number of aliphatic hydroxyl groups excluding tert-OH is 1. The van der Waals surface area contributed by atoms with Gasteiger partial charge in [-0.25, -0.2) is 0 Å². The maximum atomic E-state index is 11.7. The number of ether oxygens (including phenoxy) is 1. The highest BCUT2D eigenvalue weighted by molar-refractivity contribution is 5.79. The van der Waals surface area contributed by atoms with Crippen LogP contribution in [0.1, 0.15) is 19.8 Å². The molecule has 0 bridgehead atoms. The van der Waals surface area contributed by atoms with Crippen LogP contribution < -0.4 is 10.6 Å². The van der Waals surface area contributed by atoms with Gasteiger partial charge in [-0.05, 0) is 26.3 Å². The topological polar surface area (TPSA) is 70.6 Å². The Morgan fingerprint density at radius 1 is 1.69 bits per heavy atom. The molecule has 0 aromatic carbocycles. The molecular weight excluding hydrogens is 208 g/mol. The van der Waals surface area contributed by atoms with Crippen LogP contribution in [0.3, 0.4) is 0 Å². The Bertz CT molecular complexity index is 223. The van der Waals surface area contributed by atoms with Crippen molar-refractivity contribution in [2.75, 3.05) is 26.8 Å². The Balaban J connectivity index is 2.15. The summed E-state index contributed by atoms with van der Waals surface area (Å²) >= 11 is 0. The number of hydrogen-bond acceptors (Lipinski definition) is 4. The van der Waals surface area contributed by atoms with Crippen LogP contribution in [0.4, 0.5) is 0 Å². The van der Waals surface area contributed by atoms with E-state index in [2.05, 4.69) is 10.6 Å². The molecule has 3 unspecified atom stereocenters. The zero-order valence-electron chi connectivity index (χ0n) is 10.0. The molecule has 1 aliphatic rings. The second-order valence-electron chi connectivity index (χ2n) is 4.33. The van der Waals surface area contributed by atoms with Crippen LogP contribution >= 0.6 is 0 Å². The van der Waals surface area contributed by atoms with Gasteiger partial charge in [-0.2, -0.15) is 0 Å². The summed E-state index contributed by atoms with van der Waals surface area (Å²) in [6.07, 6.45) is 0.936. The maximum absolute atomic E-state index is 11.7. The Hall–Kier alpha value is -0.650. The van der Waals surface area contributed by atoms with Crippen molar-refractivity contribution >= 4 is 5.91 Å². The molecule has 3 atom stereocenters. The van der Waals surface area contributed by atoms with E-state index in [-0.39, 0.29) is 17.9 Å². The Labute approximate surface area is 96.6 Å². The molecule has 5 heteroatoms. The van der Waals surface area contributed by atoms with Crippen molar-refractivity contribution in [1.82, 2.24) is 10.6 Å². The minimum absolute atomic E-state index is 0.0690. The number of aliphatic hydroxyl groups is 1. The minimum atomic E-state index is -0.496. The number of nitrogens with one attached hydrogen (secondary N) is 2. The van der Waals surface area contributed by atoms with Crippen LogP contribution in [0.25, 0.3) is 0 Å². The molecule has 1 heterocycles. The highest BCUT2D eigenvalue weighted by atomic mass is 16.5. The fourth-order valence-corrected chi connectivity index (χ4v) is 1.99. The van der Waals surface area contributed by atoms with Gasteiger partial charge in [-0.15, -0.1) is 0 Å². The molecule has 0 saturated carbocycles. The molecule has 16 heavy (non-hydrogen) atoms. The Morgan fingerprint density at radius 2 is 2.44 bits per heavy atom. The van der Waals surface area contributed by atoms with Gasteiger partial charge in [-0.1, -0.05) is 0 Å². The van der Waals surface area contributed by atoms with Crippen molar-refractivity contribution in [3.63, 3.8) is 0 Å². The van der Waals surface area contributed by atoms with E-state index in [1.807, 2.05) is 6.92 Å². The van der Waals surface area contributed by atoms with Crippen molar-refractivity contribution in [2.24, 2.45) is 5.92 Å². The Kier molecular flexibility index (Phi) is 5.73. The molecular formula is C11H22N2O3. The highest BCUT2D eigenvalue weighted by Crippen LogP contribution is 2.14. The van der Waals surface area contributed by atoms with Crippen LogP contribution in [-0.4, -0.2) is 50.0 Å². The smallest absolute Gasteiger partial charge is 0.224 e. The average molecular weight is 230 g/mol. The first kappa shape index (κ1) is 13.4. The lowest BCUT2D eigenvalue weighted by Crippen LogP contribution is -2.38. The van der Waals surface area contributed by atoms with Gasteiger partial charge in [0.2, 0.25) is 5.91 Å². The molecule has 3 N–H and O–H groups in total. The van der Waals surface area contributed by atoms with Crippen LogP contribution in [0.2, 0.25) is 0 Å².